The molecule has 1 saturated carbocycles. The first-order chi connectivity index (χ1) is 13.1. The molecule has 3 fully saturated rings. The number of carbonyl (C=O) groups is 2. The molecule has 0 N–H and O–H groups in total. The lowest BCUT2D eigenvalue weighted by Crippen LogP contribution is -2.50. The highest BCUT2D eigenvalue weighted by atomic mass is 19.1. The minimum Gasteiger partial charge on any atom is -0.342 e. The van der Waals surface area contributed by atoms with Crippen LogP contribution in [0.1, 0.15) is 56.9 Å². The van der Waals surface area contributed by atoms with Crippen molar-refractivity contribution in [2.24, 2.45) is 11.3 Å². The standard InChI is InChI=1S/C22H29FN2O2/c23-19-9-4-3-8-18(19)15-24-12-5-10-22(21(24)27)11-13-25(16-22)20(26)14-17-6-1-2-7-17/h3-4,8-9,17H,1-2,5-7,10-16H2/t22-/m1/s1. The third-order valence-corrected chi connectivity index (χ3v) is 6.79. The summed E-state index contributed by atoms with van der Waals surface area (Å²) in [6.07, 6.45) is 7.97. The first-order valence-corrected chi connectivity index (χ1v) is 10.4. The molecule has 2 heterocycles. The Bertz CT molecular complexity index is 716. The number of hydrogen-bond donors (Lipinski definition) is 0. The average molecular weight is 372 g/mol. The molecule has 4 rings (SSSR count). The molecule has 0 radical (unpaired) electrons. The van der Waals surface area contributed by atoms with Gasteiger partial charge in [0, 0.05) is 38.2 Å². The van der Waals surface area contributed by atoms with E-state index < -0.39 is 5.41 Å². The van der Waals surface area contributed by atoms with Crippen LogP contribution in [0.5, 0.6) is 0 Å². The van der Waals surface area contributed by atoms with Crippen molar-refractivity contribution in [1.29, 1.82) is 0 Å². The van der Waals surface area contributed by atoms with Gasteiger partial charge >= 0.3 is 0 Å². The van der Waals surface area contributed by atoms with E-state index in [1.165, 1.54) is 31.7 Å². The Morgan fingerprint density at radius 2 is 1.89 bits per heavy atom. The van der Waals surface area contributed by atoms with Crippen LogP contribution in [-0.2, 0) is 16.1 Å². The highest BCUT2D eigenvalue weighted by Crippen LogP contribution is 2.41. The summed E-state index contributed by atoms with van der Waals surface area (Å²) in [5.74, 6) is 0.601. The highest BCUT2D eigenvalue weighted by Gasteiger charge is 2.49. The summed E-state index contributed by atoms with van der Waals surface area (Å²) in [5.41, 5.74) is 0.115. The van der Waals surface area contributed by atoms with Gasteiger partial charge in [0.05, 0.1) is 5.41 Å². The van der Waals surface area contributed by atoms with Gasteiger partial charge in [0.15, 0.2) is 0 Å². The van der Waals surface area contributed by atoms with E-state index in [1.807, 2.05) is 11.0 Å². The second-order valence-electron chi connectivity index (χ2n) is 8.62. The molecule has 0 unspecified atom stereocenters. The molecule has 2 saturated heterocycles. The van der Waals surface area contributed by atoms with Gasteiger partial charge in [0.1, 0.15) is 5.82 Å². The number of hydrogen-bond acceptors (Lipinski definition) is 2. The normalized spacial score (nSPS) is 26.3. The van der Waals surface area contributed by atoms with E-state index in [2.05, 4.69) is 0 Å². The zero-order chi connectivity index (χ0) is 18.9. The molecule has 4 nitrogen and oxygen atoms in total. The third kappa shape index (κ3) is 3.74. The predicted molar refractivity (Wildman–Crippen MR) is 101 cm³/mol. The van der Waals surface area contributed by atoms with Crippen molar-refractivity contribution in [2.45, 2.75) is 57.9 Å². The molecule has 1 atom stereocenters. The molecule has 1 aromatic rings. The summed E-state index contributed by atoms with van der Waals surface area (Å²) in [6.45, 7) is 2.23. The van der Waals surface area contributed by atoms with Crippen LogP contribution in [0.25, 0.3) is 0 Å². The molecule has 3 aliphatic rings. The third-order valence-electron chi connectivity index (χ3n) is 6.79. The molecule has 0 bridgehead atoms. The zero-order valence-electron chi connectivity index (χ0n) is 16.0. The van der Waals surface area contributed by atoms with Gasteiger partial charge in [0.2, 0.25) is 11.8 Å². The van der Waals surface area contributed by atoms with E-state index in [9.17, 15) is 14.0 Å². The lowest BCUT2D eigenvalue weighted by atomic mass is 9.78. The van der Waals surface area contributed by atoms with Crippen molar-refractivity contribution >= 4 is 11.8 Å². The number of nitrogens with zero attached hydrogens (tertiary/aromatic N) is 2. The second-order valence-corrected chi connectivity index (χ2v) is 8.62. The van der Waals surface area contributed by atoms with Crippen molar-refractivity contribution in [2.75, 3.05) is 19.6 Å². The Hall–Kier alpha value is -1.91. The largest absolute Gasteiger partial charge is 0.342 e. The number of carbonyl (C=O) groups excluding carboxylic acids is 2. The lowest BCUT2D eigenvalue weighted by molar-refractivity contribution is -0.147. The van der Waals surface area contributed by atoms with Crippen molar-refractivity contribution in [3.8, 4) is 0 Å². The number of rotatable bonds is 4. The van der Waals surface area contributed by atoms with Crippen molar-refractivity contribution in [3.05, 3.63) is 35.6 Å². The van der Waals surface area contributed by atoms with Crippen molar-refractivity contribution < 1.29 is 14.0 Å². The number of likely N-dealkylation sites (tertiary alicyclic amines) is 2. The van der Waals surface area contributed by atoms with Crippen LogP contribution in [-0.4, -0.2) is 41.2 Å². The van der Waals surface area contributed by atoms with Crippen LogP contribution in [0, 0.1) is 17.2 Å². The molecule has 27 heavy (non-hydrogen) atoms. The van der Waals surface area contributed by atoms with Gasteiger partial charge in [-0.05, 0) is 44.1 Å². The fourth-order valence-electron chi connectivity index (χ4n) is 5.19. The first-order valence-electron chi connectivity index (χ1n) is 10.4. The number of halogens is 1. The van der Waals surface area contributed by atoms with Gasteiger partial charge in [-0.3, -0.25) is 9.59 Å². The molecular formula is C22H29FN2O2. The Balaban J connectivity index is 1.41. The van der Waals surface area contributed by atoms with Gasteiger partial charge in [-0.2, -0.15) is 0 Å². The molecule has 146 valence electrons. The minimum absolute atomic E-state index is 0.105. The second kappa shape index (κ2) is 7.61. The summed E-state index contributed by atoms with van der Waals surface area (Å²) in [5, 5.41) is 0. The van der Waals surface area contributed by atoms with Gasteiger partial charge in [-0.15, -0.1) is 0 Å². The van der Waals surface area contributed by atoms with Gasteiger partial charge < -0.3 is 9.80 Å². The van der Waals surface area contributed by atoms with E-state index >= 15 is 0 Å². The van der Waals surface area contributed by atoms with Crippen LogP contribution < -0.4 is 0 Å². The maximum Gasteiger partial charge on any atom is 0.230 e. The topological polar surface area (TPSA) is 40.6 Å². The lowest BCUT2D eigenvalue weighted by Gasteiger charge is -2.39. The van der Waals surface area contributed by atoms with E-state index in [0.29, 0.717) is 44.1 Å². The Morgan fingerprint density at radius 1 is 1.11 bits per heavy atom. The van der Waals surface area contributed by atoms with Crippen LogP contribution in [0.15, 0.2) is 24.3 Å². The predicted octanol–water partition coefficient (Wildman–Crippen LogP) is 3.75. The minimum atomic E-state index is -0.450. The fraction of sp³-hybridized carbons (Fsp3) is 0.636. The Morgan fingerprint density at radius 3 is 2.67 bits per heavy atom. The van der Waals surface area contributed by atoms with Gasteiger partial charge in [0.25, 0.3) is 0 Å². The summed E-state index contributed by atoms with van der Waals surface area (Å²) < 4.78 is 14.0. The summed E-state index contributed by atoms with van der Waals surface area (Å²) in [7, 11) is 0. The van der Waals surface area contributed by atoms with Crippen LogP contribution in [0.4, 0.5) is 4.39 Å². The number of amides is 2. The maximum absolute atomic E-state index is 14.0. The fourth-order valence-corrected chi connectivity index (χ4v) is 5.19. The smallest absolute Gasteiger partial charge is 0.230 e. The monoisotopic (exact) mass is 372 g/mol. The summed E-state index contributed by atoms with van der Waals surface area (Å²) in [4.78, 5) is 29.7. The SMILES string of the molecule is O=C(CC1CCCC1)N1CC[C@]2(CCCN(Cc3ccccc3F)C2=O)C1. The van der Waals surface area contributed by atoms with Crippen LogP contribution in [0.3, 0.4) is 0 Å². The average Bonchev–Trinajstić information content (AvgIpc) is 3.32. The molecule has 2 aliphatic heterocycles. The first kappa shape index (κ1) is 18.5. The van der Waals surface area contributed by atoms with Crippen molar-refractivity contribution in [3.63, 3.8) is 0 Å². The van der Waals surface area contributed by atoms with E-state index in [-0.39, 0.29) is 17.6 Å². The van der Waals surface area contributed by atoms with Crippen LogP contribution >= 0.6 is 0 Å². The quantitative estimate of drug-likeness (QED) is 0.808. The molecule has 1 aliphatic carbocycles. The number of piperidine rings is 1. The molecule has 5 heteroatoms. The molecule has 1 spiro atoms. The maximum atomic E-state index is 14.0. The van der Waals surface area contributed by atoms with Crippen LogP contribution in [0.2, 0.25) is 0 Å². The molecule has 1 aromatic carbocycles. The van der Waals surface area contributed by atoms with E-state index in [4.69, 9.17) is 0 Å². The van der Waals surface area contributed by atoms with E-state index in [0.717, 1.165) is 19.3 Å². The molecule has 0 aromatic heterocycles. The Kier molecular flexibility index (Phi) is 5.20. The number of benzene rings is 1. The Labute approximate surface area is 160 Å². The molecule has 2 amide bonds. The van der Waals surface area contributed by atoms with E-state index in [1.54, 1.807) is 17.0 Å². The summed E-state index contributed by atoms with van der Waals surface area (Å²) in [6, 6.07) is 6.67. The van der Waals surface area contributed by atoms with Crippen molar-refractivity contribution in [1.82, 2.24) is 9.80 Å². The van der Waals surface area contributed by atoms with Gasteiger partial charge in [-0.25, -0.2) is 4.39 Å². The summed E-state index contributed by atoms with van der Waals surface area (Å²) >= 11 is 0. The zero-order valence-corrected chi connectivity index (χ0v) is 16.0. The molecular weight excluding hydrogens is 343 g/mol. The van der Waals surface area contributed by atoms with Gasteiger partial charge in [-0.1, -0.05) is 31.0 Å². The highest BCUT2D eigenvalue weighted by molar-refractivity contribution is 5.86.